The molecule has 2 aliphatic carbocycles. The largest absolute Gasteiger partial charge is 0.0625 e. The van der Waals surface area contributed by atoms with Crippen LogP contribution in [0, 0.1) is 17.8 Å². The molecule has 0 spiro atoms. The third-order valence-electron chi connectivity index (χ3n) is 3.79. The third-order valence-corrected chi connectivity index (χ3v) is 3.79. The van der Waals surface area contributed by atoms with E-state index in [4.69, 9.17) is 0 Å². The third kappa shape index (κ3) is 1.60. The molecular formula is C11H20. The molecule has 2 atom stereocenters. The van der Waals surface area contributed by atoms with E-state index < -0.39 is 0 Å². The molecule has 0 heteroatoms. The number of hydrogen-bond donors (Lipinski definition) is 0. The van der Waals surface area contributed by atoms with Crippen LogP contribution in [0.2, 0.25) is 0 Å². The van der Waals surface area contributed by atoms with E-state index in [0.717, 1.165) is 17.8 Å². The summed E-state index contributed by atoms with van der Waals surface area (Å²) in [5.41, 5.74) is 0. The molecule has 0 radical (unpaired) electrons. The smallest absolute Gasteiger partial charge is 0.0383 e. The van der Waals surface area contributed by atoms with Gasteiger partial charge in [-0.25, -0.2) is 0 Å². The summed E-state index contributed by atoms with van der Waals surface area (Å²) < 4.78 is 0. The van der Waals surface area contributed by atoms with E-state index in [9.17, 15) is 0 Å². The lowest BCUT2D eigenvalue weighted by Crippen LogP contribution is -2.26. The fourth-order valence-corrected chi connectivity index (χ4v) is 2.82. The highest BCUT2D eigenvalue weighted by atomic mass is 14.4. The van der Waals surface area contributed by atoms with E-state index in [0.29, 0.717) is 0 Å². The standard InChI is InChI=1S/C11H20/c1-9-4-2-7-11(8-9)10-5-3-6-10/h9-11H,2-8H2,1H3. The van der Waals surface area contributed by atoms with Crippen molar-refractivity contribution in [2.45, 2.75) is 51.9 Å². The van der Waals surface area contributed by atoms with E-state index in [2.05, 4.69) is 6.92 Å². The molecular weight excluding hydrogens is 132 g/mol. The Balaban J connectivity index is 1.82. The van der Waals surface area contributed by atoms with Gasteiger partial charge in [-0.3, -0.25) is 0 Å². The highest BCUT2D eigenvalue weighted by Crippen LogP contribution is 2.42. The van der Waals surface area contributed by atoms with Gasteiger partial charge in [0.2, 0.25) is 0 Å². The Morgan fingerprint density at radius 3 is 2.00 bits per heavy atom. The van der Waals surface area contributed by atoms with Gasteiger partial charge in [0.15, 0.2) is 0 Å². The SMILES string of the molecule is CC1CCCC(C2CCC2)C1. The van der Waals surface area contributed by atoms with Crippen LogP contribution < -0.4 is 0 Å². The van der Waals surface area contributed by atoms with Crippen LogP contribution in [-0.4, -0.2) is 0 Å². The molecule has 2 saturated carbocycles. The van der Waals surface area contributed by atoms with Crippen molar-refractivity contribution in [1.29, 1.82) is 0 Å². The zero-order valence-corrected chi connectivity index (χ0v) is 7.68. The summed E-state index contributed by atoms with van der Waals surface area (Å²) in [5.74, 6) is 3.32. The van der Waals surface area contributed by atoms with Crippen molar-refractivity contribution in [3.8, 4) is 0 Å². The van der Waals surface area contributed by atoms with E-state index in [1.165, 1.54) is 19.3 Å². The molecule has 0 nitrogen and oxygen atoms in total. The summed E-state index contributed by atoms with van der Waals surface area (Å²) >= 11 is 0. The normalized spacial score (nSPS) is 40.1. The zero-order chi connectivity index (χ0) is 7.68. The maximum atomic E-state index is 2.44. The van der Waals surface area contributed by atoms with Crippen LogP contribution >= 0.6 is 0 Å². The fraction of sp³-hybridized carbons (Fsp3) is 1.00. The van der Waals surface area contributed by atoms with Gasteiger partial charge in [0.05, 0.1) is 0 Å². The Bertz CT molecular complexity index is 124. The van der Waals surface area contributed by atoms with Gasteiger partial charge in [-0.1, -0.05) is 45.4 Å². The minimum atomic E-state index is 1.04. The van der Waals surface area contributed by atoms with Crippen molar-refractivity contribution in [3.63, 3.8) is 0 Å². The van der Waals surface area contributed by atoms with E-state index >= 15 is 0 Å². The lowest BCUT2D eigenvalue weighted by molar-refractivity contribution is 0.137. The van der Waals surface area contributed by atoms with Gasteiger partial charge in [-0.2, -0.15) is 0 Å². The van der Waals surface area contributed by atoms with Crippen molar-refractivity contribution in [3.05, 3.63) is 0 Å². The predicted molar refractivity (Wildman–Crippen MR) is 48.5 cm³/mol. The molecule has 2 rings (SSSR count). The molecule has 0 aromatic rings. The van der Waals surface area contributed by atoms with Crippen LogP contribution in [-0.2, 0) is 0 Å². The number of hydrogen-bond acceptors (Lipinski definition) is 0. The first-order valence-corrected chi connectivity index (χ1v) is 5.36. The van der Waals surface area contributed by atoms with E-state index in [-0.39, 0.29) is 0 Å². The molecule has 0 saturated heterocycles. The lowest BCUT2D eigenvalue weighted by Gasteiger charge is -2.38. The number of rotatable bonds is 1. The molecule has 0 N–H and O–H groups in total. The van der Waals surface area contributed by atoms with Gasteiger partial charge < -0.3 is 0 Å². The molecule has 0 aromatic heterocycles. The molecule has 2 aliphatic rings. The summed E-state index contributed by atoms with van der Waals surface area (Å²) in [6.45, 7) is 2.44. The van der Waals surface area contributed by atoms with Crippen molar-refractivity contribution in [2.24, 2.45) is 17.8 Å². The first-order chi connectivity index (χ1) is 5.36. The zero-order valence-electron chi connectivity index (χ0n) is 7.68. The molecule has 0 aliphatic heterocycles. The van der Waals surface area contributed by atoms with Gasteiger partial charge in [0, 0.05) is 0 Å². The van der Waals surface area contributed by atoms with Crippen LogP contribution in [0.15, 0.2) is 0 Å². The Hall–Kier alpha value is 0. The average Bonchev–Trinajstić information content (AvgIpc) is 1.83. The molecule has 11 heavy (non-hydrogen) atoms. The molecule has 0 aromatic carbocycles. The van der Waals surface area contributed by atoms with E-state index in [1.807, 2.05) is 0 Å². The van der Waals surface area contributed by atoms with Gasteiger partial charge >= 0.3 is 0 Å². The van der Waals surface area contributed by atoms with Crippen molar-refractivity contribution < 1.29 is 0 Å². The van der Waals surface area contributed by atoms with Gasteiger partial charge in [0.25, 0.3) is 0 Å². The second-order valence-corrected chi connectivity index (χ2v) is 4.72. The second kappa shape index (κ2) is 3.16. The summed E-state index contributed by atoms with van der Waals surface area (Å²) in [4.78, 5) is 0. The highest BCUT2D eigenvalue weighted by molar-refractivity contribution is 4.81. The summed E-state index contributed by atoms with van der Waals surface area (Å²) in [6, 6.07) is 0. The minimum Gasteiger partial charge on any atom is -0.0625 e. The Morgan fingerprint density at radius 1 is 0.818 bits per heavy atom. The van der Waals surface area contributed by atoms with Crippen molar-refractivity contribution in [2.75, 3.05) is 0 Å². The highest BCUT2D eigenvalue weighted by Gasteiger charge is 2.29. The topological polar surface area (TPSA) is 0 Å². The first-order valence-electron chi connectivity index (χ1n) is 5.36. The maximum Gasteiger partial charge on any atom is -0.0383 e. The van der Waals surface area contributed by atoms with Crippen LogP contribution in [0.25, 0.3) is 0 Å². The molecule has 2 fully saturated rings. The first kappa shape index (κ1) is 7.64. The van der Waals surface area contributed by atoms with Gasteiger partial charge in [-0.15, -0.1) is 0 Å². The van der Waals surface area contributed by atoms with Gasteiger partial charge in [-0.05, 0) is 24.2 Å². The Labute approximate surface area is 70.4 Å². The molecule has 0 amide bonds. The average molecular weight is 152 g/mol. The quantitative estimate of drug-likeness (QED) is 0.538. The van der Waals surface area contributed by atoms with Crippen molar-refractivity contribution >= 4 is 0 Å². The minimum absolute atomic E-state index is 1.04. The van der Waals surface area contributed by atoms with Crippen LogP contribution in [0.3, 0.4) is 0 Å². The Morgan fingerprint density at radius 2 is 1.45 bits per heavy atom. The lowest BCUT2D eigenvalue weighted by atomic mass is 9.68. The maximum absolute atomic E-state index is 2.44. The molecule has 0 heterocycles. The summed E-state index contributed by atoms with van der Waals surface area (Å²) in [5, 5.41) is 0. The Kier molecular flexibility index (Phi) is 2.20. The predicted octanol–water partition coefficient (Wildman–Crippen LogP) is 3.61. The van der Waals surface area contributed by atoms with Crippen LogP contribution in [0.1, 0.15) is 51.9 Å². The van der Waals surface area contributed by atoms with E-state index in [1.54, 1.807) is 25.7 Å². The summed E-state index contributed by atoms with van der Waals surface area (Å²) in [6.07, 6.45) is 10.7. The van der Waals surface area contributed by atoms with Gasteiger partial charge in [0.1, 0.15) is 0 Å². The molecule has 0 bridgehead atoms. The summed E-state index contributed by atoms with van der Waals surface area (Å²) in [7, 11) is 0. The monoisotopic (exact) mass is 152 g/mol. The molecule has 64 valence electrons. The fourth-order valence-electron chi connectivity index (χ4n) is 2.82. The van der Waals surface area contributed by atoms with Crippen LogP contribution in [0.4, 0.5) is 0 Å². The van der Waals surface area contributed by atoms with Crippen LogP contribution in [0.5, 0.6) is 0 Å². The molecule has 2 unspecified atom stereocenters. The second-order valence-electron chi connectivity index (χ2n) is 4.72. The van der Waals surface area contributed by atoms with Crippen molar-refractivity contribution in [1.82, 2.24) is 0 Å².